The van der Waals surface area contributed by atoms with Crippen LogP contribution < -0.4 is 15.4 Å². The summed E-state index contributed by atoms with van der Waals surface area (Å²) < 4.78 is 28.4. The molecule has 0 unspecified atom stereocenters. The average molecular weight is 527 g/mol. The van der Waals surface area contributed by atoms with Crippen molar-refractivity contribution in [2.45, 2.75) is 43.5 Å². The number of halogens is 1. The van der Waals surface area contributed by atoms with E-state index in [1.165, 1.54) is 12.8 Å². The summed E-state index contributed by atoms with van der Waals surface area (Å²) in [5.74, 6) is 0.944. The lowest BCUT2D eigenvalue weighted by Crippen LogP contribution is -2.33. The first-order chi connectivity index (χ1) is 15.4. The summed E-state index contributed by atoms with van der Waals surface area (Å²) in [6.45, 7) is 5.27. The fourth-order valence-corrected chi connectivity index (χ4v) is 4.88. The summed E-state index contributed by atoms with van der Waals surface area (Å²) >= 11 is 3.42. The van der Waals surface area contributed by atoms with Crippen LogP contribution in [0.15, 0.2) is 39.8 Å². The van der Waals surface area contributed by atoms with E-state index in [1.807, 2.05) is 0 Å². The lowest BCUT2D eigenvalue weighted by molar-refractivity contribution is 0.268. The third-order valence-electron chi connectivity index (χ3n) is 5.28. The van der Waals surface area contributed by atoms with E-state index < -0.39 is 10.0 Å². The Morgan fingerprint density at radius 3 is 2.59 bits per heavy atom. The van der Waals surface area contributed by atoms with Crippen molar-refractivity contribution in [3.8, 4) is 0 Å². The van der Waals surface area contributed by atoms with Crippen molar-refractivity contribution < 1.29 is 13.5 Å². The summed E-state index contributed by atoms with van der Waals surface area (Å²) in [5, 5.41) is 15.8. The van der Waals surface area contributed by atoms with Gasteiger partial charge in [0, 0.05) is 25.0 Å². The first kappa shape index (κ1) is 24.8. The number of nitrogens with zero attached hydrogens (tertiary/aromatic N) is 3. The van der Waals surface area contributed by atoms with E-state index in [2.05, 4.69) is 53.1 Å². The third-order valence-corrected chi connectivity index (χ3v) is 7.34. The van der Waals surface area contributed by atoms with E-state index in [0.29, 0.717) is 28.5 Å². The molecule has 9 nitrogen and oxygen atoms in total. The number of aromatic nitrogens is 2. The summed E-state index contributed by atoms with van der Waals surface area (Å²) in [6.07, 6.45) is 5.75. The third kappa shape index (κ3) is 7.11. The SMILES string of the molecule is CCC[C@H](CO)Nc1nc(Nc2ccc(S(=O)(=O)NCCN3CCCC3)cc2)ncc1Br. The van der Waals surface area contributed by atoms with E-state index in [-0.39, 0.29) is 17.5 Å². The molecule has 32 heavy (non-hydrogen) atoms. The molecule has 11 heteroatoms. The van der Waals surface area contributed by atoms with E-state index >= 15 is 0 Å². The van der Waals surface area contributed by atoms with Gasteiger partial charge in [0.1, 0.15) is 5.82 Å². The first-order valence-electron chi connectivity index (χ1n) is 10.9. The fraction of sp³-hybridized carbons (Fsp3) is 0.524. The summed E-state index contributed by atoms with van der Waals surface area (Å²) in [5.41, 5.74) is 0.668. The molecule has 176 valence electrons. The molecule has 1 aliphatic heterocycles. The summed E-state index contributed by atoms with van der Waals surface area (Å²) in [6, 6.07) is 6.38. The first-order valence-corrected chi connectivity index (χ1v) is 13.2. The molecular formula is C21H31BrN6O3S. The molecule has 1 aromatic heterocycles. The number of hydrogen-bond donors (Lipinski definition) is 4. The van der Waals surface area contributed by atoms with Crippen molar-refractivity contribution >= 4 is 43.4 Å². The molecule has 0 aliphatic carbocycles. The van der Waals surface area contributed by atoms with Gasteiger partial charge in [0.2, 0.25) is 16.0 Å². The molecule has 0 bridgehead atoms. The second-order valence-electron chi connectivity index (χ2n) is 7.80. The zero-order chi connectivity index (χ0) is 23.0. The van der Waals surface area contributed by atoms with Crippen molar-refractivity contribution in [2.75, 3.05) is 43.4 Å². The zero-order valence-electron chi connectivity index (χ0n) is 18.2. The normalized spacial score (nSPS) is 15.6. The largest absolute Gasteiger partial charge is 0.394 e. The van der Waals surface area contributed by atoms with Crippen molar-refractivity contribution in [1.82, 2.24) is 19.6 Å². The van der Waals surface area contributed by atoms with Crippen LogP contribution in [-0.2, 0) is 10.0 Å². The molecule has 2 aromatic rings. The number of sulfonamides is 1. The molecule has 1 fully saturated rings. The maximum Gasteiger partial charge on any atom is 0.240 e. The van der Waals surface area contributed by atoms with Crippen LogP contribution in [0, 0.1) is 0 Å². The van der Waals surface area contributed by atoms with Gasteiger partial charge >= 0.3 is 0 Å². The minimum Gasteiger partial charge on any atom is -0.394 e. The lowest BCUT2D eigenvalue weighted by Gasteiger charge is -2.17. The Labute approximate surface area is 198 Å². The minimum absolute atomic E-state index is 0.00898. The lowest BCUT2D eigenvalue weighted by atomic mass is 10.2. The van der Waals surface area contributed by atoms with Gasteiger partial charge in [-0.05, 0) is 72.5 Å². The van der Waals surface area contributed by atoms with Crippen LogP contribution in [0.3, 0.4) is 0 Å². The minimum atomic E-state index is -3.55. The van der Waals surface area contributed by atoms with Crippen LogP contribution >= 0.6 is 15.9 Å². The molecule has 0 amide bonds. The highest BCUT2D eigenvalue weighted by molar-refractivity contribution is 9.10. The molecule has 1 saturated heterocycles. The Morgan fingerprint density at radius 2 is 1.94 bits per heavy atom. The number of benzene rings is 1. The van der Waals surface area contributed by atoms with E-state index in [1.54, 1.807) is 30.5 Å². The van der Waals surface area contributed by atoms with Crippen LogP contribution in [0.1, 0.15) is 32.6 Å². The van der Waals surface area contributed by atoms with Crippen LogP contribution in [-0.4, -0.2) is 67.2 Å². The predicted molar refractivity (Wildman–Crippen MR) is 130 cm³/mol. The number of rotatable bonds is 12. The number of aliphatic hydroxyl groups is 1. The van der Waals surface area contributed by atoms with Gasteiger partial charge in [-0.15, -0.1) is 0 Å². The summed E-state index contributed by atoms with van der Waals surface area (Å²) in [4.78, 5) is 11.2. The van der Waals surface area contributed by atoms with Crippen molar-refractivity contribution in [1.29, 1.82) is 0 Å². The number of likely N-dealkylation sites (tertiary alicyclic amines) is 1. The van der Waals surface area contributed by atoms with Gasteiger partial charge in [0.25, 0.3) is 0 Å². The smallest absolute Gasteiger partial charge is 0.240 e. The maximum atomic E-state index is 12.5. The maximum absolute atomic E-state index is 12.5. The Kier molecular flexibility index (Phi) is 9.23. The van der Waals surface area contributed by atoms with Crippen molar-refractivity contribution in [3.05, 3.63) is 34.9 Å². The van der Waals surface area contributed by atoms with Crippen LogP contribution in [0.4, 0.5) is 17.5 Å². The number of aliphatic hydroxyl groups excluding tert-OH is 1. The molecule has 0 spiro atoms. The molecule has 1 aromatic carbocycles. The molecular weight excluding hydrogens is 496 g/mol. The Balaban J connectivity index is 1.60. The molecule has 4 N–H and O–H groups in total. The molecule has 0 saturated carbocycles. The van der Waals surface area contributed by atoms with E-state index in [4.69, 9.17) is 0 Å². The van der Waals surface area contributed by atoms with Crippen molar-refractivity contribution in [3.63, 3.8) is 0 Å². The highest BCUT2D eigenvalue weighted by Gasteiger charge is 2.16. The molecule has 1 aliphatic rings. The van der Waals surface area contributed by atoms with Gasteiger partial charge in [-0.25, -0.2) is 18.1 Å². The standard InChI is InChI=1S/C21H31BrN6O3S/c1-2-5-17(15-29)25-20-19(22)14-23-21(27-20)26-16-6-8-18(9-7-16)32(30,31)24-10-13-28-11-3-4-12-28/h6-9,14,17,24,29H,2-5,10-13,15H2,1H3,(H2,23,25,26,27)/t17-/m1/s1. The van der Waals surface area contributed by atoms with Crippen LogP contribution in [0.25, 0.3) is 0 Å². The van der Waals surface area contributed by atoms with Gasteiger partial charge in [-0.2, -0.15) is 4.98 Å². The second-order valence-corrected chi connectivity index (χ2v) is 10.4. The van der Waals surface area contributed by atoms with Gasteiger partial charge in [0.15, 0.2) is 0 Å². The van der Waals surface area contributed by atoms with Crippen molar-refractivity contribution in [2.24, 2.45) is 0 Å². The zero-order valence-corrected chi connectivity index (χ0v) is 20.6. The van der Waals surface area contributed by atoms with Gasteiger partial charge in [-0.3, -0.25) is 0 Å². The fourth-order valence-electron chi connectivity index (χ4n) is 3.55. The van der Waals surface area contributed by atoms with E-state index in [9.17, 15) is 13.5 Å². The highest BCUT2D eigenvalue weighted by atomic mass is 79.9. The number of anilines is 3. The van der Waals surface area contributed by atoms with Gasteiger partial charge < -0.3 is 20.6 Å². The average Bonchev–Trinajstić information content (AvgIpc) is 3.29. The molecule has 1 atom stereocenters. The van der Waals surface area contributed by atoms with Crippen LogP contribution in [0.5, 0.6) is 0 Å². The number of nitrogens with one attached hydrogen (secondary N) is 3. The number of hydrogen-bond acceptors (Lipinski definition) is 8. The topological polar surface area (TPSA) is 119 Å². The molecule has 0 radical (unpaired) electrons. The monoisotopic (exact) mass is 526 g/mol. The highest BCUT2D eigenvalue weighted by Crippen LogP contribution is 2.24. The van der Waals surface area contributed by atoms with Gasteiger partial charge in [0.05, 0.1) is 22.0 Å². The molecule has 2 heterocycles. The molecule has 3 rings (SSSR count). The van der Waals surface area contributed by atoms with E-state index in [0.717, 1.165) is 32.5 Å². The van der Waals surface area contributed by atoms with Gasteiger partial charge in [-0.1, -0.05) is 13.3 Å². The summed E-state index contributed by atoms with van der Waals surface area (Å²) in [7, 11) is -3.55. The second kappa shape index (κ2) is 11.9. The predicted octanol–water partition coefficient (Wildman–Crippen LogP) is 2.93. The Bertz CT molecular complexity index is 968. The Morgan fingerprint density at radius 1 is 1.22 bits per heavy atom. The Hall–Kier alpha value is -1.79. The van der Waals surface area contributed by atoms with Crippen LogP contribution in [0.2, 0.25) is 0 Å². The quantitative estimate of drug-likeness (QED) is 0.333.